The molecule has 0 fully saturated rings. The van der Waals surface area contributed by atoms with E-state index in [0.29, 0.717) is 29.9 Å². The van der Waals surface area contributed by atoms with Crippen LogP contribution in [0.15, 0.2) is 24.3 Å². The van der Waals surface area contributed by atoms with Crippen molar-refractivity contribution in [2.75, 3.05) is 26.1 Å². The van der Waals surface area contributed by atoms with Crippen LogP contribution in [0.25, 0.3) is 0 Å². The molecule has 0 amide bonds. The number of benzene rings is 1. The summed E-state index contributed by atoms with van der Waals surface area (Å²) in [6.45, 7) is 0.321. The number of ether oxygens (including phenoxy) is 2. The first-order valence-corrected chi connectivity index (χ1v) is 5.55. The highest BCUT2D eigenvalue weighted by Crippen LogP contribution is 2.26. The molecule has 96 valence electrons. The number of hydrogen-bond acceptors (Lipinski definition) is 5. The first-order valence-electron chi connectivity index (χ1n) is 5.55. The van der Waals surface area contributed by atoms with Gasteiger partial charge in [0, 0.05) is 14.1 Å². The minimum absolute atomic E-state index is 0.321. The van der Waals surface area contributed by atoms with Crippen LogP contribution in [-0.2, 0) is 6.61 Å². The van der Waals surface area contributed by atoms with Gasteiger partial charge in [0.2, 0.25) is 5.95 Å². The lowest BCUT2D eigenvalue weighted by molar-refractivity contribution is 0.277. The van der Waals surface area contributed by atoms with E-state index in [1.54, 1.807) is 7.11 Å². The average Bonchev–Trinajstić information content (AvgIpc) is 2.85. The topological polar surface area (TPSA) is 63.3 Å². The van der Waals surface area contributed by atoms with Crippen molar-refractivity contribution >= 4 is 5.95 Å². The van der Waals surface area contributed by atoms with E-state index in [-0.39, 0.29) is 0 Å². The lowest BCUT2D eigenvalue weighted by Crippen LogP contribution is -2.10. The van der Waals surface area contributed by atoms with E-state index in [1.807, 2.05) is 43.3 Å². The van der Waals surface area contributed by atoms with Gasteiger partial charge in [0.15, 0.2) is 17.3 Å². The lowest BCUT2D eigenvalue weighted by atomic mass is 10.3. The molecule has 0 atom stereocenters. The van der Waals surface area contributed by atoms with Crippen LogP contribution in [0.3, 0.4) is 0 Å². The van der Waals surface area contributed by atoms with Gasteiger partial charge >= 0.3 is 0 Å². The summed E-state index contributed by atoms with van der Waals surface area (Å²) in [6, 6.07) is 7.48. The molecular weight excluding hydrogens is 232 g/mol. The second-order valence-corrected chi connectivity index (χ2v) is 3.92. The number of nitrogens with one attached hydrogen (secondary N) is 1. The number of aromatic nitrogens is 3. The summed E-state index contributed by atoms with van der Waals surface area (Å²) in [6.07, 6.45) is 0. The Morgan fingerprint density at radius 1 is 1.22 bits per heavy atom. The molecule has 18 heavy (non-hydrogen) atoms. The van der Waals surface area contributed by atoms with Crippen LogP contribution < -0.4 is 14.4 Å². The maximum Gasteiger partial charge on any atom is 0.244 e. The summed E-state index contributed by atoms with van der Waals surface area (Å²) in [5, 5.41) is 6.88. The fourth-order valence-electron chi connectivity index (χ4n) is 1.43. The van der Waals surface area contributed by atoms with E-state index in [1.165, 1.54) is 0 Å². The Kier molecular flexibility index (Phi) is 3.66. The summed E-state index contributed by atoms with van der Waals surface area (Å²) in [4.78, 5) is 6.10. The summed E-state index contributed by atoms with van der Waals surface area (Å²) >= 11 is 0. The highest BCUT2D eigenvalue weighted by Gasteiger charge is 2.07. The molecule has 0 saturated heterocycles. The minimum Gasteiger partial charge on any atom is -0.493 e. The van der Waals surface area contributed by atoms with Crippen molar-refractivity contribution in [2.24, 2.45) is 0 Å². The highest BCUT2D eigenvalue weighted by atomic mass is 16.5. The van der Waals surface area contributed by atoms with Crippen LogP contribution >= 0.6 is 0 Å². The molecule has 6 heteroatoms. The molecule has 0 radical (unpaired) electrons. The molecule has 1 N–H and O–H groups in total. The largest absolute Gasteiger partial charge is 0.493 e. The first kappa shape index (κ1) is 12.2. The zero-order chi connectivity index (χ0) is 13.0. The Morgan fingerprint density at radius 3 is 2.56 bits per heavy atom. The van der Waals surface area contributed by atoms with Gasteiger partial charge in [-0.1, -0.05) is 12.1 Å². The Labute approximate surface area is 106 Å². The van der Waals surface area contributed by atoms with Gasteiger partial charge in [-0.05, 0) is 12.1 Å². The minimum atomic E-state index is 0.321. The molecule has 0 aliphatic heterocycles. The molecule has 0 aliphatic carbocycles. The summed E-state index contributed by atoms with van der Waals surface area (Å²) in [7, 11) is 5.38. The van der Waals surface area contributed by atoms with Crippen molar-refractivity contribution in [3.05, 3.63) is 30.1 Å². The van der Waals surface area contributed by atoms with Crippen molar-refractivity contribution in [1.29, 1.82) is 0 Å². The fourth-order valence-corrected chi connectivity index (χ4v) is 1.43. The molecular formula is C12H16N4O2. The van der Waals surface area contributed by atoms with Gasteiger partial charge in [0.25, 0.3) is 0 Å². The van der Waals surface area contributed by atoms with Gasteiger partial charge in [-0.15, -0.1) is 5.10 Å². The third-order valence-electron chi connectivity index (χ3n) is 2.35. The van der Waals surface area contributed by atoms with E-state index in [9.17, 15) is 0 Å². The Hall–Kier alpha value is -2.24. The van der Waals surface area contributed by atoms with Crippen LogP contribution in [0.5, 0.6) is 11.5 Å². The number of para-hydroxylation sites is 2. The van der Waals surface area contributed by atoms with Crippen molar-refractivity contribution in [2.45, 2.75) is 6.61 Å². The molecule has 0 aliphatic rings. The standard InChI is InChI=1S/C12H16N4O2/c1-16(2)12-13-11(14-15-12)8-18-10-7-5-4-6-9(10)17-3/h4-7H,8H2,1-3H3,(H,13,14,15). The Morgan fingerprint density at radius 2 is 1.94 bits per heavy atom. The molecule has 2 aromatic rings. The molecule has 0 unspecified atom stereocenters. The van der Waals surface area contributed by atoms with Gasteiger partial charge in [-0.3, -0.25) is 5.10 Å². The van der Waals surface area contributed by atoms with Gasteiger partial charge in [-0.25, -0.2) is 0 Å². The van der Waals surface area contributed by atoms with Crippen molar-refractivity contribution in [1.82, 2.24) is 15.2 Å². The van der Waals surface area contributed by atoms with Gasteiger partial charge in [0.05, 0.1) is 7.11 Å². The predicted octanol–water partition coefficient (Wildman–Crippen LogP) is 1.46. The van der Waals surface area contributed by atoms with Crippen molar-refractivity contribution in [3.63, 3.8) is 0 Å². The SMILES string of the molecule is COc1ccccc1OCc1nc(N(C)C)n[nH]1. The fraction of sp³-hybridized carbons (Fsp3) is 0.333. The van der Waals surface area contributed by atoms with Crippen LogP contribution in [0.4, 0.5) is 5.95 Å². The van der Waals surface area contributed by atoms with E-state index in [2.05, 4.69) is 15.2 Å². The third kappa shape index (κ3) is 2.71. The molecule has 1 aromatic carbocycles. The summed E-state index contributed by atoms with van der Waals surface area (Å²) in [5.41, 5.74) is 0. The smallest absolute Gasteiger partial charge is 0.244 e. The lowest BCUT2D eigenvalue weighted by Gasteiger charge is -2.08. The molecule has 0 bridgehead atoms. The molecule has 6 nitrogen and oxygen atoms in total. The Balaban J connectivity index is 2.02. The van der Waals surface area contributed by atoms with Crippen LogP contribution in [-0.4, -0.2) is 36.4 Å². The number of H-pyrrole nitrogens is 1. The zero-order valence-corrected chi connectivity index (χ0v) is 10.7. The van der Waals surface area contributed by atoms with Crippen molar-refractivity contribution < 1.29 is 9.47 Å². The van der Waals surface area contributed by atoms with E-state index >= 15 is 0 Å². The molecule has 2 rings (SSSR count). The molecule has 1 heterocycles. The van der Waals surface area contributed by atoms with E-state index in [0.717, 1.165) is 0 Å². The Bertz CT molecular complexity index is 510. The average molecular weight is 248 g/mol. The van der Waals surface area contributed by atoms with Crippen LogP contribution in [0, 0.1) is 0 Å². The number of nitrogens with zero attached hydrogens (tertiary/aromatic N) is 3. The van der Waals surface area contributed by atoms with Gasteiger partial charge in [0.1, 0.15) is 6.61 Å². The third-order valence-corrected chi connectivity index (χ3v) is 2.35. The van der Waals surface area contributed by atoms with Gasteiger partial charge in [-0.2, -0.15) is 4.98 Å². The maximum absolute atomic E-state index is 5.63. The predicted molar refractivity (Wildman–Crippen MR) is 68.0 cm³/mol. The number of rotatable bonds is 5. The second-order valence-electron chi connectivity index (χ2n) is 3.92. The second kappa shape index (κ2) is 5.39. The highest BCUT2D eigenvalue weighted by molar-refractivity contribution is 5.39. The number of aromatic amines is 1. The van der Waals surface area contributed by atoms with Crippen LogP contribution in [0.1, 0.15) is 5.82 Å². The summed E-state index contributed by atoms with van der Waals surface area (Å²) in [5.74, 6) is 2.69. The normalized spacial score (nSPS) is 10.2. The summed E-state index contributed by atoms with van der Waals surface area (Å²) < 4.78 is 10.8. The molecule has 0 spiro atoms. The number of methoxy groups -OCH3 is 1. The molecule has 0 saturated carbocycles. The van der Waals surface area contributed by atoms with E-state index in [4.69, 9.17) is 9.47 Å². The zero-order valence-electron chi connectivity index (χ0n) is 10.7. The molecule has 1 aromatic heterocycles. The van der Waals surface area contributed by atoms with Gasteiger partial charge < -0.3 is 14.4 Å². The number of anilines is 1. The quantitative estimate of drug-likeness (QED) is 0.867. The first-order chi connectivity index (χ1) is 8.70. The van der Waals surface area contributed by atoms with Crippen LogP contribution in [0.2, 0.25) is 0 Å². The van der Waals surface area contributed by atoms with E-state index < -0.39 is 0 Å². The maximum atomic E-state index is 5.63. The monoisotopic (exact) mass is 248 g/mol. The number of hydrogen-bond donors (Lipinski definition) is 1. The van der Waals surface area contributed by atoms with Crippen molar-refractivity contribution in [3.8, 4) is 11.5 Å².